The highest BCUT2D eigenvalue weighted by Crippen LogP contribution is 2.53. The van der Waals surface area contributed by atoms with E-state index in [1.807, 2.05) is 20.8 Å². The fourth-order valence-corrected chi connectivity index (χ4v) is 6.43. The zero-order valence-electron chi connectivity index (χ0n) is 27.0. The Hall–Kier alpha value is -4.24. The van der Waals surface area contributed by atoms with Crippen LogP contribution in [0.25, 0.3) is 0 Å². The normalized spacial score (nSPS) is 20.5. The van der Waals surface area contributed by atoms with E-state index in [0.29, 0.717) is 6.42 Å². The molecule has 4 rings (SSSR count). The third-order valence-corrected chi connectivity index (χ3v) is 8.58. The van der Waals surface area contributed by atoms with Gasteiger partial charge in [-0.3, -0.25) is 9.59 Å². The highest BCUT2D eigenvalue weighted by atomic mass is 35.5. The molecule has 1 fully saturated rings. The summed E-state index contributed by atoms with van der Waals surface area (Å²) in [4.78, 5) is 37.8. The maximum atomic E-state index is 15.9. The molecule has 4 atom stereocenters. The lowest BCUT2D eigenvalue weighted by Gasteiger charge is -2.37. The number of hydrogen-bond acceptors (Lipinski definition) is 8. The molecule has 1 aliphatic heterocycles. The minimum absolute atomic E-state index is 0.0509. The van der Waals surface area contributed by atoms with Gasteiger partial charge in [-0.25, -0.2) is 13.6 Å². The largest absolute Gasteiger partial charge is 0.495 e. The predicted molar refractivity (Wildman–Crippen MR) is 176 cm³/mol. The van der Waals surface area contributed by atoms with Gasteiger partial charge in [0.25, 0.3) is 0 Å². The molecule has 254 valence electrons. The summed E-state index contributed by atoms with van der Waals surface area (Å²) in [6, 6.07) is 12.5. The van der Waals surface area contributed by atoms with E-state index in [1.54, 1.807) is 0 Å². The van der Waals surface area contributed by atoms with Crippen LogP contribution in [0.15, 0.2) is 54.6 Å². The number of nitriles is 1. The van der Waals surface area contributed by atoms with Crippen LogP contribution in [0.4, 0.5) is 14.5 Å². The molecular formula is C35H35Cl2F2N3O6. The van der Waals surface area contributed by atoms with Gasteiger partial charge < -0.3 is 24.8 Å². The molecule has 0 aromatic heterocycles. The molecule has 3 aromatic rings. The number of carbonyl (C=O) groups is 3. The van der Waals surface area contributed by atoms with Crippen molar-refractivity contribution in [2.24, 2.45) is 5.41 Å². The summed E-state index contributed by atoms with van der Waals surface area (Å²) >= 11 is 12.3. The molecule has 0 unspecified atom stereocenters. The topological polar surface area (TPSA) is 127 Å². The van der Waals surface area contributed by atoms with Crippen molar-refractivity contribution in [2.45, 2.75) is 57.5 Å². The number of nitrogens with zero attached hydrogens (tertiary/aromatic N) is 1. The van der Waals surface area contributed by atoms with Crippen LogP contribution >= 0.6 is 23.2 Å². The third-order valence-electron chi connectivity index (χ3n) is 8.05. The molecule has 0 spiro atoms. The van der Waals surface area contributed by atoms with E-state index in [1.165, 1.54) is 62.6 Å². The number of hydrogen-bond donors (Lipinski definition) is 2. The van der Waals surface area contributed by atoms with E-state index in [0.717, 1.165) is 6.07 Å². The van der Waals surface area contributed by atoms with Crippen molar-refractivity contribution >= 4 is 46.7 Å². The van der Waals surface area contributed by atoms with Gasteiger partial charge in [0, 0.05) is 29.5 Å². The predicted octanol–water partition coefficient (Wildman–Crippen LogP) is 6.96. The number of carbonyl (C=O) groups excluding carboxylic acids is 3. The summed E-state index contributed by atoms with van der Waals surface area (Å²) in [6.07, 6.45) is 0.294. The minimum atomic E-state index is -1.81. The zero-order valence-corrected chi connectivity index (χ0v) is 28.5. The minimum Gasteiger partial charge on any atom is -0.495 e. The van der Waals surface area contributed by atoms with Gasteiger partial charge in [0.1, 0.15) is 36.0 Å². The first-order chi connectivity index (χ1) is 22.6. The van der Waals surface area contributed by atoms with E-state index in [-0.39, 0.29) is 51.4 Å². The Morgan fingerprint density at radius 1 is 1.04 bits per heavy atom. The molecule has 2 N–H and O–H groups in total. The summed E-state index contributed by atoms with van der Waals surface area (Å²) < 4.78 is 47.1. The SMILES string of the molecule is COc1cc(C(=O)OCCOC(C)=O)ccc1NC(=O)[C@@H]1N[C@@H](CC(C)(C)C)[C@](C#N)(c2ccc(Cl)cc2F)[C@H]1c1cccc(Cl)c1F. The Morgan fingerprint density at radius 3 is 2.38 bits per heavy atom. The van der Waals surface area contributed by atoms with Crippen molar-refractivity contribution in [3.05, 3.63) is 93.0 Å². The first kappa shape index (κ1) is 36.6. The zero-order chi connectivity index (χ0) is 35.4. The number of benzene rings is 3. The molecule has 9 nitrogen and oxygen atoms in total. The standard InChI is InChI=1S/C35H35Cl2F2N3O6/c1-19(43)47-13-14-48-33(45)20-9-12-26(27(15-20)46-5)41-32(44)31-29(22-7-6-8-24(37)30(22)39)35(18-40,28(42-31)17-34(2,3)4)23-11-10-21(36)16-25(23)38/h6-12,15-16,28-29,31,42H,13-14,17H2,1-5H3,(H,41,44)/t28-,29-,31+,35-/m0/s1. The molecule has 3 aromatic carbocycles. The summed E-state index contributed by atoms with van der Waals surface area (Å²) in [5.41, 5.74) is -2.08. The van der Waals surface area contributed by atoms with E-state index in [4.69, 9.17) is 37.4 Å². The summed E-state index contributed by atoms with van der Waals surface area (Å²) in [7, 11) is 1.34. The molecule has 0 radical (unpaired) electrons. The summed E-state index contributed by atoms with van der Waals surface area (Å²) in [5, 5.41) is 16.9. The monoisotopic (exact) mass is 701 g/mol. The Kier molecular flexibility index (Phi) is 11.4. The summed E-state index contributed by atoms with van der Waals surface area (Å²) in [6.45, 7) is 6.76. The Morgan fingerprint density at radius 2 is 1.75 bits per heavy atom. The smallest absolute Gasteiger partial charge is 0.338 e. The lowest BCUT2D eigenvalue weighted by atomic mass is 9.62. The number of ether oxygens (including phenoxy) is 3. The number of anilines is 1. The van der Waals surface area contributed by atoms with Crippen LogP contribution < -0.4 is 15.4 Å². The van der Waals surface area contributed by atoms with Crippen molar-refractivity contribution in [2.75, 3.05) is 25.6 Å². The fraction of sp³-hybridized carbons (Fsp3) is 0.371. The van der Waals surface area contributed by atoms with E-state index in [9.17, 15) is 19.6 Å². The van der Waals surface area contributed by atoms with Crippen LogP contribution in [-0.4, -0.2) is 50.3 Å². The number of halogens is 4. The van der Waals surface area contributed by atoms with Crippen molar-refractivity contribution < 1.29 is 37.4 Å². The molecule has 48 heavy (non-hydrogen) atoms. The maximum absolute atomic E-state index is 15.9. The van der Waals surface area contributed by atoms with Crippen molar-refractivity contribution in [3.63, 3.8) is 0 Å². The fourth-order valence-electron chi connectivity index (χ4n) is 6.09. The molecule has 0 saturated carbocycles. The lowest BCUT2D eigenvalue weighted by molar-refractivity contribution is -0.142. The highest BCUT2D eigenvalue weighted by Gasteiger charge is 2.61. The Bertz CT molecular complexity index is 1760. The van der Waals surface area contributed by atoms with Gasteiger partial charge >= 0.3 is 11.9 Å². The van der Waals surface area contributed by atoms with Gasteiger partial charge in [-0.1, -0.05) is 62.2 Å². The van der Waals surface area contributed by atoms with Crippen LogP contribution in [0.5, 0.6) is 5.75 Å². The van der Waals surface area contributed by atoms with Crippen LogP contribution in [0.2, 0.25) is 10.0 Å². The van der Waals surface area contributed by atoms with Crippen LogP contribution in [-0.2, 0) is 24.5 Å². The molecule has 1 aliphatic rings. The first-order valence-corrected chi connectivity index (χ1v) is 15.7. The van der Waals surface area contributed by atoms with Crippen molar-refractivity contribution in [3.8, 4) is 11.8 Å². The second-order valence-electron chi connectivity index (χ2n) is 12.6. The third kappa shape index (κ3) is 7.73. The van der Waals surface area contributed by atoms with E-state index in [2.05, 4.69) is 16.7 Å². The van der Waals surface area contributed by atoms with Gasteiger partial charge in [0.15, 0.2) is 0 Å². The van der Waals surface area contributed by atoms with Crippen molar-refractivity contribution in [1.82, 2.24) is 5.32 Å². The molecule has 0 bridgehead atoms. The number of esters is 2. The first-order valence-electron chi connectivity index (χ1n) is 15.0. The van der Waals surface area contributed by atoms with Gasteiger partial charge in [-0.15, -0.1) is 0 Å². The second kappa shape index (κ2) is 14.9. The number of methoxy groups -OCH3 is 1. The second-order valence-corrected chi connectivity index (χ2v) is 13.4. The number of rotatable bonds is 10. The van der Waals surface area contributed by atoms with Crippen LogP contribution in [0.1, 0.15) is 61.5 Å². The molecule has 1 amide bonds. The number of nitrogens with one attached hydrogen (secondary N) is 2. The Balaban J connectivity index is 1.79. The molecule has 1 saturated heterocycles. The molecule has 13 heteroatoms. The lowest BCUT2D eigenvalue weighted by Crippen LogP contribution is -2.45. The molecule has 0 aliphatic carbocycles. The average Bonchev–Trinajstić information content (AvgIpc) is 3.33. The van der Waals surface area contributed by atoms with Crippen molar-refractivity contribution in [1.29, 1.82) is 5.26 Å². The van der Waals surface area contributed by atoms with Crippen LogP contribution in [0.3, 0.4) is 0 Å². The van der Waals surface area contributed by atoms with Gasteiger partial charge in [0.2, 0.25) is 5.91 Å². The van der Waals surface area contributed by atoms with Crippen LogP contribution in [0, 0.1) is 28.4 Å². The average molecular weight is 703 g/mol. The van der Waals surface area contributed by atoms with Gasteiger partial charge in [0.05, 0.1) is 35.5 Å². The highest BCUT2D eigenvalue weighted by molar-refractivity contribution is 6.31. The van der Waals surface area contributed by atoms with E-state index >= 15 is 8.78 Å². The quantitative estimate of drug-likeness (QED) is 0.172. The number of amides is 1. The molecular weight excluding hydrogens is 667 g/mol. The van der Waals surface area contributed by atoms with Gasteiger partial charge in [-0.05, 0) is 53.8 Å². The molecule has 1 heterocycles. The Labute approximate surface area is 287 Å². The maximum Gasteiger partial charge on any atom is 0.338 e. The summed E-state index contributed by atoms with van der Waals surface area (Å²) in [5.74, 6) is -4.72. The van der Waals surface area contributed by atoms with E-state index < -0.39 is 58.3 Å². The van der Waals surface area contributed by atoms with Gasteiger partial charge in [-0.2, -0.15) is 5.26 Å².